The number of hydrogen-bond acceptors (Lipinski definition) is 4. The van der Waals surface area contributed by atoms with Gasteiger partial charge in [0.15, 0.2) is 0 Å². The molecule has 136 valence electrons. The van der Waals surface area contributed by atoms with Gasteiger partial charge in [0.2, 0.25) is 0 Å². The second-order valence-corrected chi connectivity index (χ2v) is 6.22. The highest BCUT2D eigenvalue weighted by Crippen LogP contribution is 2.14. The highest BCUT2D eigenvalue weighted by molar-refractivity contribution is 6.14. The van der Waals surface area contributed by atoms with Gasteiger partial charge in [-0.25, -0.2) is 4.39 Å². The Morgan fingerprint density at radius 1 is 1.28 bits per heavy atom. The second kappa shape index (κ2) is 9.32. The lowest BCUT2D eigenvalue weighted by atomic mass is 10.1. The van der Waals surface area contributed by atoms with Crippen molar-refractivity contribution in [1.29, 1.82) is 5.41 Å². The summed E-state index contributed by atoms with van der Waals surface area (Å²) in [6.07, 6.45) is 1.34. The average molecular weight is 345 g/mol. The van der Waals surface area contributed by atoms with Crippen molar-refractivity contribution in [1.82, 2.24) is 15.1 Å². The lowest BCUT2D eigenvalue weighted by molar-refractivity contribution is 0.186. The molecule has 6 heteroatoms. The Morgan fingerprint density at radius 2 is 1.96 bits per heavy atom. The Bertz CT molecular complexity index is 645. The van der Waals surface area contributed by atoms with Crippen molar-refractivity contribution in [3.63, 3.8) is 0 Å². The van der Waals surface area contributed by atoms with E-state index in [1.807, 2.05) is 19.9 Å². The molecule has 2 rings (SSSR count). The number of nitrogens with one attached hydrogen (secondary N) is 2. The van der Waals surface area contributed by atoms with Crippen LogP contribution in [0.5, 0.6) is 0 Å². The van der Waals surface area contributed by atoms with Crippen LogP contribution in [0.3, 0.4) is 0 Å². The van der Waals surface area contributed by atoms with Gasteiger partial charge in [-0.05, 0) is 27.0 Å². The molecule has 1 aromatic rings. The zero-order valence-corrected chi connectivity index (χ0v) is 15.3. The van der Waals surface area contributed by atoms with E-state index < -0.39 is 0 Å². The predicted molar refractivity (Wildman–Crippen MR) is 102 cm³/mol. The topological polar surface area (TPSA) is 54.7 Å². The van der Waals surface area contributed by atoms with Gasteiger partial charge in [0.25, 0.3) is 0 Å². The first-order valence-electron chi connectivity index (χ1n) is 8.73. The number of rotatable bonds is 6. The Hall–Kier alpha value is -2.21. The molecular formula is C19H28FN5. The summed E-state index contributed by atoms with van der Waals surface area (Å²) in [7, 11) is 2.12. The lowest BCUT2D eigenvalue weighted by Gasteiger charge is -2.35. The molecular weight excluding hydrogens is 317 g/mol. The van der Waals surface area contributed by atoms with Crippen LogP contribution in [0.15, 0.2) is 40.5 Å². The summed E-state index contributed by atoms with van der Waals surface area (Å²) in [5, 5.41) is 11.1. The number of benzene rings is 1. The molecule has 0 saturated carbocycles. The summed E-state index contributed by atoms with van der Waals surface area (Å²) in [6, 6.07) is 6.67. The molecule has 0 atom stereocenters. The normalized spacial score (nSPS) is 17.3. The molecule has 0 bridgehead atoms. The van der Waals surface area contributed by atoms with Crippen molar-refractivity contribution in [2.75, 3.05) is 39.8 Å². The third-order valence-electron chi connectivity index (χ3n) is 4.48. The van der Waals surface area contributed by atoms with Crippen LogP contribution in [-0.4, -0.2) is 61.6 Å². The molecule has 1 aliphatic rings. The van der Waals surface area contributed by atoms with Gasteiger partial charge in [0.05, 0.1) is 12.1 Å². The van der Waals surface area contributed by atoms with Crippen molar-refractivity contribution in [3.8, 4) is 0 Å². The summed E-state index contributed by atoms with van der Waals surface area (Å²) in [5.41, 5.74) is 2.36. The van der Waals surface area contributed by atoms with Gasteiger partial charge in [-0.15, -0.1) is 0 Å². The van der Waals surface area contributed by atoms with Gasteiger partial charge in [0.1, 0.15) is 11.7 Å². The lowest BCUT2D eigenvalue weighted by Crippen LogP contribution is -2.44. The highest BCUT2D eigenvalue weighted by atomic mass is 19.1. The van der Waals surface area contributed by atoms with Crippen molar-refractivity contribution in [2.24, 2.45) is 4.99 Å². The Morgan fingerprint density at radius 3 is 2.56 bits per heavy atom. The third-order valence-corrected chi connectivity index (χ3v) is 4.48. The molecule has 2 N–H and O–H groups in total. The number of halogens is 1. The number of allylic oxidation sites excluding steroid dienone is 1. The Labute approximate surface area is 149 Å². The Balaban J connectivity index is 2.25. The number of nitrogens with zero attached hydrogens (tertiary/aromatic N) is 3. The van der Waals surface area contributed by atoms with Crippen LogP contribution in [0.1, 0.15) is 19.4 Å². The second-order valence-electron chi connectivity index (χ2n) is 6.22. The number of likely N-dealkylation sites (N-methyl/N-ethyl adjacent to an activating group) is 2. The van der Waals surface area contributed by atoms with Crippen LogP contribution in [0.25, 0.3) is 0 Å². The average Bonchev–Trinajstić information content (AvgIpc) is 2.62. The van der Waals surface area contributed by atoms with Crippen molar-refractivity contribution < 1.29 is 4.39 Å². The molecule has 1 aromatic carbocycles. The SMILES string of the molecule is CCNC(=NCc1ccccc1F)/C(C=N)=C(\C)N1CCN(C)CC1. The van der Waals surface area contributed by atoms with E-state index in [1.165, 1.54) is 12.3 Å². The minimum atomic E-state index is -0.252. The van der Waals surface area contributed by atoms with E-state index in [4.69, 9.17) is 5.41 Å². The first-order valence-corrected chi connectivity index (χ1v) is 8.73. The summed E-state index contributed by atoms with van der Waals surface area (Å²) >= 11 is 0. The van der Waals surface area contributed by atoms with Gasteiger partial charge < -0.3 is 20.5 Å². The number of hydrogen-bond donors (Lipinski definition) is 2. The smallest absolute Gasteiger partial charge is 0.131 e. The zero-order chi connectivity index (χ0) is 18.2. The highest BCUT2D eigenvalue weighted by Gasteiger charge is 2.18. The fourth-order valence-electron chi connectivity index (χ4n) is 2.85. The van der Waals surface area contributed by atoms with Crippen LogP contribution in [0.4, 0.5) is 4.39 Å². The summed E-state index contributed by atoms with van der Waals surface area (Å²) < 4.78 is 13.8. The van der Waals surface area contributed by atoms with E-state index in [2.05, 4.69) is 27.2 Å². The standard InChI is InChI=1S/C19H28FN5/c1-4-22-19(23-14-16-7-5-6-8-18(16)20)17(13-21)15(2)25-11-9-24(3)10-12-25/h5-8,13,21H,4,9-12,14H2,1-3H3,(H,22,23)/b17-15+,21-13?. The number of piperazine rings is 1. The quantitative estimate of drug-likeness (QED) is 0.615. The van der Waals surface area contributed by atoms with Crippen molar-refractivity contribution >= 4 is 12.1 Å². The van der Waals surface area contributed by atoms with Crippen LogP contribution in [0.2, 0.25) is 0 Å². The molecule has 0 amide bonds. The molecule has 0 unspecified atom stereocenters. The van der Waals surface area contributed by atoms with Crippen LogP contribution < -0.4 is 5.32 Å². The maximum atomic E-state index is 13.8. The molecule has 1 aliphatic heterocycles. The van der Waals surface area contributed by atoms with E-state index in [1.54, 1.807) is 12.1 Å². The minimum Gasteiger partial charge on any atom is -0.372 e. The van der Waals surface area contributed by atoms with Gasteiger partial charge in [0, 0.05) is 50.2 Å². The maximum Gasteiger partial charge on any atom is 0.131 e. The van der Waals surface area contributed by atoms with Crippen molar-refractivity contribution in [2.45, 2.75) is 20.4 Å². The summed E-state index contributed by atoms with van der Waals surface area (Å²) in [4.78, 5) is 9.15. The molecule has 1 saturated heterocycles. The first kappa shape index (κ1) is 19.1. The fraction of sp³-hybridized carbons (Fsp3) is 0.474. The van der Waals surface area contributed by atoms with Gasteiger partial charge in [-0.3, -0.25) is 4.99 Å². The fourth-order valence-corrected chi connectivity index (χ4v) is 2.85. The largest absolute Gasteiger partial charge is 0.372 e. The summed E-state index contributed by atoms with van der Waals surface area (Å²) in [6.45, 7) is 8.86. The van der Waals surface area contributed by atoms with E-state index in [-0.39, 0.29) is 12.4 Å². The molecule has 1 fully saturated rings. The van der Waals surface area contributed by atoms with E-state index in [9.17, 15) is 4.39 Å². The van der Waals surface area contributed by atoms with Crippen LogP contribution >= 0.6 is 0 Å². The van der Waals surface area contributed by atoms with Crippen LogP contribution in [0, 0.1) is 11.2 Å². The van der Waals surface area contributed by atoms with Crippen molar-refractivity contribution in [3.05, 3.63) is 46.9 Å². The third kappa shape index (κ3) is 5.13. The summed E-state index contributed by atoms with van der Waals surface area (Å²) in [5.74, 6) is 0.399. The molecule has 0 radical (unpaired) electrons. The monoisotopic (exact) mass is 345 g/mol. The predicted octanol–water partition coefficient (Wildman–Crippen LogP) is 2.50. The molecule has 0 aromatic heterocycles. The van der Waals surface area contributed by atoms with Gasteiger partial charge in [-0.2, -0.15) is 0 Å². The zero-order valence-electron chi connectivity index (χ0n) is 15.3. The van der Waals surface area contributed by atoms with Crippen LogP contribution in [-0.2, 0) is 6.54 Å². The first-order chi connectivity index (χ1) is 12.1. The maximum absolute atomic E-state index is 13.8. The molecule has 0 aliphatic carbocycles. The molecule has 0 spiro atoms. The number of amidine groups is 1. The minimum absolute atomic E-state index is 0.252. The molecule has 25 heavy (non-hydrogen) atoms. The van der Waals surface area contributed by atoms with E-state index >= 15 is 0 Å². The molecule has 1 heterocycles. The van der Waals surface area contributed by atoms with E-state index in [0.29, 0.717) is 17.9 Å². The van der Waals surface area contributed by atoms with Gasteiger partial charge >= 0.3 is 0 Å². The Kier molecular flexibility index (Phi) is 7.13. The van der Waals surface area contributed by atoms with Gasteiger partial charge in [-0.1, -0.05) is 18.2 Å². The molecule has 5 nitrogen and oxygen atoms in total. The van der Waals surface area contributed by atoms with E-state index in [0.717, 1.165) is 37.4 Å². The number of aliphatic imine (C=N–C) groups is 1.